The summed E-state index contributed by atoms with van der Waals surface area (Å²) in [5.41, 5.74) is -0.929. The van der Waals surface area contributed by atoms with Crippen molar-refractivity contribution in [2.45, 2.75) is 65.0 Å². The second-order valence-corrected chi connectivity index (χ2v) is 10.1. The number of aromatic hydroxyl groups is 1. The molecule has 1 aromatic carbocycles. The molecular weight excluding hydrogens is 496 g/mol. The molecule has 1 heterocycles. The third-order valence-corrected chi connectivity index (χ3v) is 5.77. The summed E-state index contributed by atoms with van der Waals surface area (Å²) in [6.45, 7) is 7.82. The van der Waals surface area contributed by atoms with Gasteiger partial charge in [-0.05, 0) is 51.8 Å². The van der Waals surface area contributed by atoms with E-state index in [1.807, 2.05) is 0 Å². The van der Waals surface area contributed by atoms with Crippen LogP contribution < -0.4 is 10.2 Å². The third-order valence-electron chi connectivity index (χ3n) is 5.77. The number of likely N-dealkylation sites (N-methyl/N-ethyl adjacent to an activating group) is 1. The standard InChI is InChI=1S/C27H36N2O9/c1-15-10-11-20(31)24(34)19(30)9-7-8-17-12-18(13-21(32)23(17)25(35)37-16(15)2)29(14-22(33)28-6)26(36)38-27(3,4)5/h7-8,10-13,15-16,19,24,30,32,34H,9,14H2,1-6H3,(H,28,33)/b8-7+,11-10-/t15-,16+,19+,24+/m1/s1. The van der Waals surface area contributed by atoms with Crippen LogP contribution in [0.1, 0.15) is 57.0 Å². The summed E-state index contributed by atoms with van der Waals surface area (Å²) in [7, 11) is 1.40. The van der Waals surface area contributed by atoms with Gasteiger partial charge in [0.05, 0.1) is 11.8 Å². The molecule has 0 radical (unpaired) electrons. The number of carbonyl (C=O) groups is 4. The van der Waals surface area contributed by atoms with Gasteiger partial charge in [-0.1, -0.05) is 25.2 Å². The number of hydrogen-bond donors (Lipinski definition) is 4. The smallest absolute Gasteiger partial charge is 0.415 e. The summed E-state index contributed by atoms with van der Waals surface area (Å²) in [6.07, 6.45) is 0.513. The lowest BCUT2D eigenvalue weighted by atomic mass is 9.99. The van der Waals surface area contributed by atoms with Crippen LogP contribution in [0.4, 0.5) is 10.5 Å². The normalized spacial score (nSPS) is 24.3. The molecule has 11 nitrogen and oxygen atoms in total. The van der Waals surface area contributed by atoms with Gasteiger partial charge in [0.1, 0.15) is 35.7 Å². The molecule has 208 valence electrons. The Morgan fingerprint density at radius 3 is 2.42 bits per heavy atom. The van der Waals surface area contributed by atoms with Crippen LogP contribution in [0.25, 0.3) is 6.08 Å². The van der Waals surface area contributed by atoms with E-state index in [0.717, 1.165) is 17.0 Å². The maximum Gasteiger partial charge on any atom is 0.415 e. The first kappa shape index (κ1) is 30.5. The predicted molar refractivity (Wildman–Crippen MR) is 140 cm³/mol. The molecule has 11 heteroatoms. The number of fused-ring (bicyclic) bond motifs is 1. The number of ether oxygens (including phenoxy) is 2. The minimum Gasteiger partial charge on any atom is -0.507 e. The number of phenols is 1. The van der Waals surface area contributed by atoms with Crippen LogP contribution >= 0.6 is 0 Å². The Morgan fingerprint density at radius 2 is 1.82 bits per heavy atom. The fraction of sp³-hybridized carbons (Fsp3) is 0.481. The van der Waals surface area contributed by atoms with E-state index in [2.05, 4.69) is 5.32 Å². The lowest BCUT2D eigenvalue weighted by Gasteiger charge is -2.27. The molecule has 1 aromatic rings. The highest BCUT2D eigenvalue weighted by Crippen LogP contribution is 2.32. The molecule has 1 aliphatic heterocycles. The van der Waals surface area contributed by atoms with Crippen molar-refractivity contribution in [1.82, 2.24) is 5.32 Å². The molecule has 0 unspecified atom stereocenters. The first-order valence-electron chi connectivity index (χ1n) is 12.2. The summed E-state index contributed by atoms with van der Waals surface area (Å²) in [6, 6.07) is 2.53. The van der Waals surface area contributed by atoms with Crippen LogP contribution in [0.15, 0.2) is 30.4 Å². The van der Waals surface area contributed by atoms with E-state index in [-0.39, 0.29) is 23.2 Å². The topological polar surface area (TPSA) is 163 Å². The average Bonchev–Trinajstić information content (AvgIpc) is 2.82. The highest BCUT2D eigenvalue weighted by molar-refractivity contribution is 6.00. The first-order valence-corrected chi connectivity index (χ1v) is 12.2. The number of amides is 2. The molecule has 0 aromatic heterocycles. The number of rotatable bonds is 3. The molecule has 1 aliphatic rings. The van der Waals surface area contributed by atoms with Crippen molar-refractivity contribution < 1.29 is 44.0 Å². The number of hydrogen-bond acceptors (Lipinski definition) is 9. The lowest BCUT2D eigenvalue weighted by molar-refractivity contribution is -0.127. The van der Waals surface area contributed by atoms with Crippen molar-refractivity contribution in [1.29, 1.82) is 0 Å². The van der Waals surface area contributed by atoms with Crippen LogP contribution in [0, 0.1) is 5.92 Å². The maximum absolute atomic E-state index is 13.1. The monoisotopic (exact) mass is 532 g/mol. The second kappa shape index (κ2) is 12.7. The first-order chi connectivity index (χ1) is 17.6. The molecule has 4 N–H and O–H groups in total. The Morgan fingerprint density at radius 1 is 1.16 bits per heavy atom. The van der Waals surface area contributed by atoms with Gasteiger partial charge in [-0.15, -0.1) is 0 Å². The third kappa shape index (κ3) is 8.15. The van der Waals surface area contributed by atoms with Crippen LogP contribution in [0.3, 0.4) is 0 Å². The Labute approximate surface area is 221 Å². The van der Waals surface area contributed by atoms with Gasteiger partial charge in [0.2, 0.25) is 5.91 Å². The zero-order chi connectivity index (χ0) is 28.8. The second-order valence-electron chi connectivity index (χ2n) is 10.1. The number of phenolic OH excluding ortho intramolecular Hbond substituents is 1. The zero-order valence-corrected chi connectivity index (χ0v) is 22.4. The Balaban J connectivity index is 2.64. The van der Waals surface area contributed by atoms with E-state index in [4.69, 9.17) is 9.47 Å². The summed E-state index contributed by atoms with van der Waals surface area (Å²) < 4.78 is 10.9. The summed E-state index contributed by atoms with van der Waals surface area (Å²) in [4.78, 5) is 51.4. The zero-order valence-electron chi connectivity index (χ0n) is 22.4. The van der Waals surface area contributed by atoms with E-state index in [1.165, 1.54) is 31.3 Å². The summed E-state index contributed by atoms with van der Waals surface area (Å²) >= 11 is 0. The summed E-state index contributed by atoms with van der Waals surface area (Å²) in [5.74, 6) is -3.03. The quantitative estimate of drug-likeness (QED) is 0.428. The minimum atomic E-state index is -1.67. The van der Waals surface area contributed by atoms with Gasteiger partial charge < -0.3 is 30.1 Å². The number of esters is 1. The number of aliphatic hydroxyl groups is 2. The molecule has 2 rings (SSSR count). The van der Waals surface area contributed by atoms with Crippen molar-refractivity contribution in [2.75, 3.05) is 18.5 Å². The Bertz CT molecular complexity index is 1120. The van der Waals surface area contributed by atoms with Crippen molar-refractivity contribution in [3.8, 4) is 5.75 Å². The average molecular weight is 533 g/mol. The molecule has 0 fully saturated rings. The molecular formula is C27H36N2O9. The highest BCUT2D eigenvalue weighted by atomic mass is 16.6. The molecule has 4 atom stereocenters. The maximum atomic E-state index is 13.1. The number of carbonyl (C=O) groups excluding carboxylic acids is 4. The van der Waals surface area contributed by atoms with Crippen molar-refractivity contribution in [3.63, 3.8) is 0 Å². The molecule has 0 saturated heterocycles. The van der Waals surface area contributed by atoms with Crippen LogP contribution in [-0.2, 0) is 19.1 Å². The van der Waals surface area contributed by atoms with Crippen molar-refractivity contribution >= 4 is 35.5 Å². The minimum absolute atomic E-state index is 0.0535. The predicted octanol–water partition coefficient (Wildman–Crippen LogP) is 2.33. The number of ketones is 1. The van der Waals surface area contributed by atoms with Gasteiger partial charge in [0, 0.05) is 19.0 Å². The number of aliphatic hydroxyl groups excluding tert-OH is 2. The fourth-order valence-electron chi connectivity index (χ4n) is 3.43. The van der Waals surface area contributed by atoms with Crippen molar-refractivity contribution in [2.24, 2.45) is 5.92 Å². The highest BCUT2D eigenvalue weighted by Gasteiger charge is 2.29. The number of anilines is 1. The number of nitrogens with zero attached hydrogens (tertiary/aromatic N) is 1. The van der Waals surface area contributed by atoms with E-state index in [1.54, 1.807) is 34.6 Å². The van der Waals surface area contributed by atoms with E-state index in [0.29, 0.717) is 0 Å². The molecule has 38 heavy (non-hydrogen) atoms. The number of nitrogens with one attached hydrogen (secondary N) is 1. The Hall–Kier alpha value is -3.70. The molecule has 0 spiro atoms. The number of benzene rings is 1. The van der Waals surface area contributed by atoms with E-state index in [9.17, 15) is 34.5 Å². The van der Waals surface area contributed by atoms with Gasteiger partial charge >= 0.3 is 12.1 Å². The van der Waals surface area contributed by atoms with Crippen LogP contribution in [0.2, 0.25) is 0 Å². The van der Waals surface area contributed by atoms with Gasteiger partial charge in [0.15, 0.2) is 5.78 Å². The molecule has 0 aliphatic carbocycles. The van der Waals surface area contributed by atoms with Gasteiger partial charge in [-0.2, -0.15) is 0 Å². The summed E-state index contributed by atoms with van der Waals surface area (Å²) in [5, 5.41) is 33.7. The molecule has 0 bridgehead atoms. The largest absolute Gasteiger partial charge is 0.507 e. The van der Waals surface area contributed by atoms with Crippen LogP contribution in [-0.4, -0.2) is 76.6 Å². The van der Waals surface area contributed by atoms with Crippen LogP contribution in [0.5, 0.6) is 5.75 Å². The molecule has 2 amide bonds. The van der Waals surface area contributed by atoms with E-state index < -0.39 is 65.9 Å². The SMILES string of the molecule is CNC(=O)CN(C(=O)OC(C)(C)C)c1cc(O)c2c(c1)/C=C/C[C@H](O)[C@H](O)C(=O)/C=C\[C@@H](C)[C@H](C)OC2=O. The van der Waals surface area contributed by atoms with Crippen molar-refractivity contribution in [3.05, 3.63) is 41.5 Å². The Kier molecular flexibility index (Phi) is 10.2. The molecule has 0 saturated carbocycles. The fourth-order valence-corrected chi connectivity index (χ4v) is 3.43. The van der Waals surface area contributed by atoms with E-state index >= 15 is 0 Å². The van der Waals surface area contributed by atoms with Gasteiger partial charge in [-0.3, -0.25) is 14.5 Å². The van der Waals surface area contributed by atoms with Gasteiger partial charge in [-0.25, -0.2) is 9.59 Å². The lowest BCUT2D eigenvalue weighted by Crippen LogP contribution is -2.42. The van der Waals surface area contributed by atoms with Gasteiger partial charge in [0.25, 0.3) is 0 Å². The number of cyclic esters (lactones) is 1.